The maximum absolute atomic E-state index is 12.8. The number of methoxy groups -OCH3 is 1. The fourth-order valence-electron chi connectivity index (χ4n) is 2.14. The Bertz CT molecular complexity index is 938. The van der Waals surface area contributed by atoms with Crippen molar-refractivity contribution in [3.8, 4) is 16.9 Å². The Balaban J connectivity index is 2.27. The molecule has 0 bridgehead atoms. The molecule has 1 heterocycles. The number of halogens is 1. The predicted molar refractivity (Wildman–Crippen MR) is 92.1 cm³/mol. The van der Waals surface area contributed by atoms with Gasteiger partial charge in [-0.2, -0.15) is 4.68 Å². The van der Waals surface area contributed by atoms with Gasteiger partial charge in [0.25, 0.3) is 11.4 Å². The van der Waals surface area contributed by atoms with Gasteiger partial charge in [-0.1, -0.05) is 46.3 Å². The van der Waals surface area contributed by atoms with Gasteiger partial charge < -0.3 is 4.74 Å². The fourth-order valence-corrected chi connectivity index (χ4v) is 2.40. The van der Waals surface area contributed by atoms with Gasteiger partial charge in [0, 0.05) is 10.0 Å². The number of nitrogens with zero attached hydrogens (tertiary/aromatic N) is 3. The highest BCUT2D eigenvalue weighted by atomic mass is 79.9. The highest BCUT2D eigenvalue weighted by Crippen LogP contribution is 2.15. The molecular formula is C17H12BrN3O3. The number of hydrogen-bond donors (Lipinski definition) is 0. The third-order valence-corrected chi connectivity index (χ3v) is 3.82. The molecule has 0 fully saturated rings. The molecule has 1 aromatic heterocycles. The normalized spacial score (nSPS) is 10.4. The molecule has 120 valence electrons. The highest BCUT2D eigenvalue weighted by molar-refractivity contribution is 9.10. The van der Waals surface area contributed by atoms with Gasteiger partial charge in [0.05, 0.1) is 12.8 Å². The highest BCUT2D eigenvalue weighted by Gasteiger charge is 2.18. The molecule has 0 unspecified atom stereocenters. The van der Waals surface area contributed by atoms with Gasteiger partial charge in [-0.15, -0.1) is 5.10 Å². The van der Waals surface area contributed by atoms with E-state index in [2.05, 4.69) is 26.0 Å². The summed E-state index contributed by atoms with van der Waals surface area (Å²) in [6.07, 6.45) is 0. The molecule has 6 nitrogen and oxygen atoms in total. The quantitative estimate of drug-likeness (QED) is 0.648. The van der Waals surface area contributed by atoms with Gasteiger partial charge in [-0.05, 0) is 24.3 Å². The average molecular weight is 386 g/mol. The van der Waals surface area contributed by atoms with Gasteiger partial charge in [-0.3, -0.25) is 4.79 Å². The van der Waals surface area contributed by atoms with E-state index in [1.165, 1.54) is 7.11 Å². The molecule has 0 aliphatic rings. The van der Waals surface area contributed by atoms with Crippen molar-refractivity contribution in [3.05, 3.63) is 75.2 Å². The standard InChI is InChI=1S/C17H12BrN3O3/c1-24-17(23)15-19-14(11-5-3-2-4-6-11)16(22)21(20-15)13-9-7-12(18)8-10-13/h2-10H,1H3. The molecule has 0 amide bonds. The Kier molecular flexibility index (Phi) is 4.52. The first-order chi connectivity index (χ1) is 11.6. The Morgan fingerprint density at radius 1 is 1.08 bits per heavy atom. The summed E-state index contributed by atoms with van der Waals surface area (Å²) < 4.78 is 6.70. The topological polar surface area (TPSA) is 74.1 Å². The lowest BCUT2D eigenvalue weighted by atomic mass is 10.1. The largest absolute Gasteiger partial charge is 0.463 e. The van der Waals surface area contributed by atoms with E-state index in [1.54, 1.807) is 48.5 Å². The second-order valence-corrected chi connectivity index (χ2v) is 5.75. The number of ether oxygens (including phenoxy) is 1. The van der Waals surface area contributed by atoms with Crippen LogP contribution >= 0.6 is 15.9 Å². The summed E-state index contributed by atoms with van der Waals surface area (Å²) in [5, 5.41) is 4.03. The van der Waals surface area contributed by atoms with Gasteiger partial charge >= 0.3 is 5.97 Å². The minimum absolute atomic E-state index is 0.133. The number of rotatable bonds is 3. The van der Waals surface area contributed by atoms with E-state index in [0.29, 0.717) is 11.3 Å². The molecule has 0 saturated heterocycles. The Morgan fingerprint density at radius 3 is 2.38 bits per heavy atom. The molecule has 7 heteroatoms. The molecule has 0 spiro atoms. The molecule has 0 N–H and O–H groups in total. The third kappa shape index (κ3) is 3.11. The van der Waals surface area contributed by atoms with Crippen LogP contribution in [0.2, 0.25) is 0 Å². The van der Waals surface area contributed by atoms with Crippen LogP contribution in [0.5, 0.6) is 0 Å². The zero-order valence-electron chi connectivity index (χ0n) is 12.6. The lowest BCUT2D eigenvalue weighted by molar-refractivity contribution is 0.0584. The molecule has 0 aliphatic carbocycles. The number of esters is 1. The first kappa shape index (κ1) is 16.1. The minimum Gasteiger partial charge on any atom is -0.463 e. The monoisotopic (exact) mass is 385 g/mol. The van der Waals surface area contributed by atoms with Crippen LogP contribution in [0.1, 0.15) is 10.6 Å². The summed E-state index contributed by atoms with van der Waals surface area (Å²) in [6, 6.07) is 15.9. The van der Waals surface area contributed by atoms with Crippen LogP contribution in [-0.2, 0) is 4.74 Å². The van der Waals surface area contributed by atoms with E-state index in [0.717, 1.165) is 9.15 Å². The van der Waals surface area contributed by atoms with Crippen molar-refractivity contribution >= 4 is 21.9 Å². The molecule has 0 aliphatic heterocycles. The number of carbonyl (C=O) groups excluding carboxylic acids is 1. The summed E-state index contributed by atoms with van der Waals surface area (Å²) in [5.74, 6) is -0.892. The van der Waals surface area contributed by atoms with Crippen LogP contribution in [0.25, 0.3) is 16.9 Å². The van der Waals surface area contributed by atoms with Crippen LogP contribution < -0.4 is 5.56 Å². The first-order valence-electron chi connectivity index (χ1n) is 7.01. The van der Waals surface area contributed by atoms with Gasteiger partial charge in [0.15, 0.2) is 0 Å². The number of benzene rings is 2. The van der Waals surface area contributed by atoms with E-state index in [1.807, 2.05) is 6.07 Å². The molecule has 0 atom stereocenters. The van der Waals surface area contributed by atoms with Crippen molar-refractivity contribution in [2.45, 2.75) is 0 Å². The van der Waals surface area contributed by atoms with E-state index >= 15 is 0 Å². The van der Waals surface area contributed by atoms with E-state index in [9.17, 15) is 9.59 Å². The van der Waals surface area contributed by atoms with Gasteiger partial charge in [-0.25, -0.2) is 9.78 Å². The number of hydrogen-bond acceptors (Lipinski definition) is 5. The Labute approximate surface area is 145 Å². The SMILES string of the molecule is COC(=O)c1nc(-c2ccccc2)c(=O)n(-c2ccc(Br)cc2)n1. The lowest BCUT2D eigenvalue weighted by Crippen LogP contribution is -2.28. The summed E-state index contributed by atoms with van der Waals surface area (Å²) in [5.41, 5.74) is 0.832. The van der Waals surface area contributed by atoms with E-state index in [4.69, 9.17) is 4.74 Å². The van der Waals surface area contributed by atoms with Crippen molar-refractivity contribution in [2.75, 3.05) is 7.11 Å². The molecule has 24 heavy (non-hydrogen) atoms. The van der Waals surface area contributed by atoms with Crippen LogP contribution in [0.4, 0.5) is 0 Å². The second kappa shape index (κ2) is 6.76. The number of aromatic nitrogens is 3. The zero-order chi connectivity index (χ0) is 17.1. The van der Waals surface area contributed by atoms with Gasteiger partial charge in [0.1, 0.15) is 5.69 Å². The van der Waals surface area contributed by atoms with Crippen molar-refractivity contribution in [3.63, 3.8) is 0 Å². The average Bonchev–Trinajstić information content (AvgIpc) is 2.63. The second-order valence-electron chi connectivity index (χ2n) is 4.83. The summed E-state index contributed by atoms with van der Waals surface area (Å²) in [6.45, 7) is 0. The Morgan fingerprint density at radius 2 is 1.75 bits per heavy atom. The maximum Gasteiger partial charge on any atom is 0.377 e. The van der Waals surface area contributed by atoms with Crippen LogP contribution in [0.3, 0.4) is 0 Å². The van der Waals surface area contributed by atoms with Crippen LogP contribution in [0, 0.1) is 0 Å². The summed E-state index contributed by atoms with van der Waals surface area (Å²) in [4.78, 5) is 28.8. The third-order valence-electron chi connectivity index (χ3n) is 3.29. The Hall–Kier alpha value is -2.80. The minimum atomic E-state index is -0.710. The lowest BCUT2D eigenvalue weighted by Gasteiger charge is -2.09. The summed E-state index contributed by atoms with van der Waals surface area (Å²) >= 11 is 3.34. The number of carbonyl (C=O) groups is 1. The van der Waals surface area contributed by atoms with Crippen molar-refractivity contribution in [1.29, 1.82) is 0 Å². The molecular weight excluding hydrogens is 374 g/mol. The maximum atomic E-state index is 12.8. The molecule has 3 aromatic rings. The van der Waals surface area contributed by atoms with Crippen LogP contribution in [0.15, 0.2) is 63.9 Å². The molecule has 0 saturated carbocycles. The first-order valence-corrected chi connectivity index (χ1v) is 7.80. The van der Waals surface area contributed by atoms with Crippen LogP contribution in [-0.4, -0.2) is 27.8 Å². The predicted octanol–water partition coefficient (Wildman–Crippen LogP) is 2.84. The zero-order valence-corrected chi connectivity index (χ0v) is 14.2. The van der Waals surface area contributed by atoms with E-state index < -0.39 is 11.5 Å². The molecule has 3 rings (SSSR count). The van der Waals surface area contributed by atoms with Gasteiger partial charge in [0.2, 0.25) is 0 Å². The van der Waals surface area contributed by atoms with Crippen molar-refractivity contribution in [1.82, 2.24) is 14.8 Å². The fraction of sp³-hybridized carbons (Fsp3) is 0.0588. The smallest absolute Gasteiger partial charge is 0.377 e. The van der Waals surface area contributed by atoms with Crippen molar-refractivity contribution in [2.24, 2.45) is 0 Å². The molecule has 2 aromatic carbocycles. The molecule has 0 radical (unpaired) electrons. The summed E-state index contributed by atoms with van der Waals surface area (Å²) in [7, 11) is 1.24. The van der Waals surface area contributed by atoms with E-state index in [-0.39, 0.29) is 11.5 Å². The van der Waals surface area contributed by atoms with Crippen molar-refractivity contribution < 1.29 is 9.53 Å².